The quantitative estimate of drug-likeness (QED) is 0.363. The van der Waals surface area contributed by atoms with Gasteiger partial charge in [-0.05, 0) is 0 Å². The van der Waals surface area contributed by atoms with Gasteiger partial charge in [-0.15, -0.1) is 0 Å². The number of terminal acetylenes is 1. The van der Waals surface area contributed by atoms with Crippen molar-refractivity contribution in [1.29, 1.82) is 0 Å². The van der Waals surface area contributed by atoms with Crippen molar-refractivity contribution < 1.29 is 8.85 Å². The molecule has 1 heteroatoms. The monoisotopic (exact) mass is 59.0 g/mol. The van der Waals surface area contributed by atoms with Gasteiger partial charge >= 0.3 is 0 Å². The molecule has 0 bridgehead atoms. The zero-order chi connectivity index (χ0) is 5.91. The molecule has 0 unspecified atom stereocenters. The van der Waals surface area contributed by atoms with Crippen LogP contribution in [-0.2, 0) is 4.74 Å². The normalized spacial score (nSPS) is 18.2. The van der Waals surface area contributed by atoms with Crippen molar-refractivity contribution in [2.75, 3.05) is 7.04 Å². The number of hydrogen-bond donors (Lipinski definition) is 0. The summed E-state index contributed by atoms with van der Waals surface area (Å²) in [5, 5.41) is 0. The van der Waals surface area contributed by atoms with Crippen LogP contribution in [-0.4, -0.2) is 7.04 Å². The van der Waals surface area contributed by atoms with Crippen LogP contribution in [0, 0.1) is 12.5 Å². The molecule has 0 heterocycles. The Labute approximate surface area is 29.8 Å². The smallest absolute Gasteiger partial charge is 0.106 e. The Kier molecular flexibility index (Phi) is 0.384. The van der Waals surface area contributed by atoms with Gasteiger partial charge in [0.05, 0.1) is 11.2 Å². The summed E-state index contributed by atoms with van der Waals surface area (Å²) in [5.41, 5.74) is 0. The van der Waals surface area contributed by atoms with Gasteiger partial charge in [0, 0.05) is 0 Å². The molecule has 22 valence electrons. The summed E-state index contributed by atoms with van der Waals surface area (Å²) in [5.74, 6) is 0. The first kappa shape index (κ1) is 0.651. The molecule has 0 atom stereocenters. The average Bonchev–Trinajstić information content (AvgIpc) is 1.30. The molecular formula is C3H4O. The van der Waals surface area contributed by atoms with Gasteiger partial charge in [-0.3, -0.25) is 0 Å². The van der Waals surface area contributed by atoms with E-state index in [0.29, 0.717) is 0 Å². The standard InChI is InChI=1S/C3H4O/c1-3-4-2/h1H,2H3/i2D3. The minimum atomic E-state index is -2.44. The van der Waals surface area contributed by atoms with Crippen molar-refractivity contribution in [3.63, 3.8) is 0 Å². The van der Waals surface area contributed by atoms with E-state index in [-0.39, 0.29) is 0 Å². The number of rotatable bonds is 0. The largest absolute Gasteiger partial charge is 0.450 e. The maximum atomic E-state index is 6.30. The summed E-state index contributed by atoms with van der Waals surface area (Å²) in [6, 6.07) is 0. The SMILES string of the molecule is [2H]C([2H])([2H])OC#C. The number of hydrogen-bond acceptors (Lipinski definition) is 1. The molecule has 0 saturated heterocycles. The zero-order valence-electron chi connectivity index (χ0n) is 4.99. The zero-order valence-corrected chi connectivity index (χ0v) is 1.99. The van der Waals surface area contributed by atoms with E-state index in [1.54, 1.807) is 6.11 Å². The second-order valence-electron chi connectivity index (χ2n) is 0.220. The van der Waals surface area contributed by atoms with Crippen LogP contribution in [0.15, 0.2) is 0 Å². The van der Waals surface area contributed by atoms with Crippen LogP contribution in [0.2, 0.25) is 0 Å². The third kappa shape index (κ3) is 1.36. The summed E-state index contributed by atoms with van der Waals surface area (Å²) < 4.78 is 22.7. The Morgan fingerprint density at radius 1 is 2.50 bits per heavy atom. The van der Waals surface area contributed by atoms with Gasteiger partial charge in [-0.25, -0.2) is 0 Å². The molecule has 0 spiro atoms. The van der Waals surface area contributed by atoms with Crippen LogP contribution >= 0.6 is 0 Å². The predicted molar refractivity (Wildman–Crippen MR) is 15.8 cm³/mol. The lowest BCUT2D eigenvalue weighted by atomic mass is 11.3. The van der Waals surface area contributed by atoms with E-state index >= 15 is 0 Å². The molecule has 0 fully saturated rings. The lowest BCUT2D eigenvalue weighted by Crippen LogP contribution is -1.55. The molecule has 0 amide bonds. The van der Waals surface area contributed by atoms with Gasteiger partial charge in [0.25, 0.3) is 0 Å². The van der Waals surface area contributed by atoms with Crippen molar-refractivity contribution in [2.45, 2.75) is 0 Å². The molecule has 0 aromatic carbocycles. The highest BCUT2D eigenvalue weighted by atomic mass is 16.5. The Bertz CT molecular complexity index is 87.3. The molecule has 0 aromatic heterocycles. The maximum Gasteiger partial charge on any atom is 0.106 e. The van der Waals surface area contributed by atoms with Crippen molar-refractivity contribution >= 4 is 0 Å². The van der Waals surface area contributed by atoms with Gasteiger partial charge in [0.2, 0.25) is 0 Å². The first-order valence-electron chi connectivity index (χ1n) is 2.20. The van der Waals surface area contributed by atoms with E-state index in [0.717, 1.165) is 0 Å². The minimum Gasteiger partial charge on any atom is -0.450 e. The molecule has 0 N–H and O–H groups in total. The first-order chi connectivity index (χ1) is 3.06. The Morgan fingerprint density at radius 2 is 3.25 bits per heavy atom. The minimum absolute atomic E-state index is 1.55. The van der Waals surface area contributed by atoms with Crippen molar-refractivity contribution in [2.24, 2.45) is 0 Å². The topological polar surface area (TPSA) is 9.23 Å². The third-order valence-electron chi connectivity index (χ3n) is 0.0589. The molecule has 0 rings (SSSR count). The molecule has 4 heavy (non-hydrogen) atoms. The molecule has 0 aromatic rings. The van der Waals surface area contributed by atoms with Crippen LogP contribution in [0.25, 0.3) is 0 Å². The van der Waals surface area contributed by atoms with Crippen molar-refractivity contribution in [3.05, 3.63) is 0 Å². The Balaban J connectivity index is 3.40. The van der Waals surface area contributed by atoms with E-state index < -0.39 is 7.04 Å². The molecule has 0 aliphatic heterocycles. The highest BCUT2D eigenvalue weighted by Gasteiger charge is 1.34. The number of ether oxygens (including phenoxy) is 1. The average molecular weight is 59.1 g/mol. The molecule has 0 aliphatic rings. The Hall–Kier alpha value is -0.640. The lowest BCUT2D eigenvalue weighted by molar-refractivity contribution is 0.373. The van der Waals surface area contributed by atoms with E-state index in [2.05, 4.69) is 11.2 Å². The van der Waals surface area contributed by atoms with Crippen molar-refractivity contribution in [3.8, 4) is 12.5 Å². The van der Waals surface area contributed by atoms with Gasteiger partial charge in [-0.1, -0.05) is 6.42 Å². The van der Waals surface area contributed by atoms with Crippen LogP contribution < -0.4 is 0 Å². The number of methoxy groups -OCH3 is 1. The summed E-state index contributed by atoms with van der Waals surface area (Å²) >= 11 is 0. The van der Waals surface area contributed by atoms with Crippen LogP contribution in [0.1, 0.15) is 4.11 Å². The summed E-state index contributed by atoms with van der Waals surface area (Å²) in [6.45, 7) is 0. The fourth-order valence-corrected chi connectivity index (χ4v) is 0. The Morgan fingerprint density at radius 3 is 3.25 bits per heavy atom. The van der Waals surface area contributed by atoms with E-state index in [1.165, 1.54) is 0 Å². The molecule has 1 nitrogen and oxygen atoms in total. The van der Waals surface area contributed by atoms with Gasteiger partial charge in [-0.2, -0.15) is 0 Å². The summed E-state index contributed by atoms with van der Waals surface area (Å²) in [7, 11) is -2.44. The third-order valence-corrected chi connectivity index (χ3v) is 0.0589. The fraction of sp³-hybridized carbons (Fsp3) is 0.333. The van der Waals surface area contributed by atoms with Crippen molar-refractivity contribution in [1.82, 2.24) is 0 Å². The second-order valence-corrected chi connectivity index (χ2v) is 0.220. The van der Waals surface area contributed by atoms with Crippen LogP contribution in [0.3, 0.4) is 0 Å². The van der Waals surface area contributed by atoms with E-state index in [4.69, 9.17) is 4.11 Å². The maximum absolute atomic E-state index is 6.30. The summed E-state index contributed by atoms with van der Waals surface area (Å²) in [6.07, 6.45) is 6.03. The fourth-order valence-electron chi connectivity index (χ4n) is 0. The summed E-state index contributed by atoms with van der Waals surface area (Å²) in [4.78, 5) is 0. The lowest BCUT2D eigenvalue weighted by Gasteiger charge is -1.66. The second kappa shape index (κ2) is 2.36. The molecular weight excluding hydrogens is 52.0 g/mol. The van der Waals surface area contributed by atoms with Crippen LogP contribution in [0.4, 0.5) is 0 Å². The van der Waals surface area contributed by atoms with Gasteiger partial charge < -0.3 is 4.74 Å². The highest BCUT2D eigenvalue weighted by molar-refractivity contribution is 4.65. The molecule has 0 saturated carbocycles. The molecule has 0 aliphatic carbocycles. The van der Waals surface area contributed by atoms with E-state index in [1.807, 2.05) is 0 Å². The van der Waals surface area contributed by atoms with Gasteiger partial charge in [0.1, 0.15) is 6.11 Å². The van der Waals surface area contributed by atoms with Crippen LogP contribution in [0.5, 0.6) is 0 Å². The highest BCUT2D eigenvalue weighted by Crippen LogP contribution is 1.41. The van der Waals surface area contributed by atoms with Gasteiger partial charge in [0.15, 0.2) is 0 Å². The molecule has 0 radical (unpaired) electrons. The first-order valence-corrected chi connectivity index (χ1v) is 0.697. The predicted octanol–water partition coefficient (Wildman–Crippen LogP) is 0.223. The van der Waals surface area contributed by atoms with E-state index in [9.17, 15) is 0 Å².